The van der Waals surface area contributed by atoms with Gasteiger partial charge in [-0.2, -0.15) is 8.42 Å². The highest BCUT2D eigenvalue weighted by Crippen LogP contribution is 2.38. The second-order valence-corrected chi connectivity index (χ2v) is 6.86. The van der Waals surface area contributed by atoms with Gasteiger partial charge in [0.1, 0.15) is 22.9 Å². The predicted molar refractivity (Wildman–Crippen MR) is 92.4 cm³/mol. The molecule has 128 valence electrons. The van der Waals surface area contributed by atoms with Crippen LogP contribution < -0.4 is 0 Å². The van der Waals surface area contributed by atoms with Gasteiger partial charge in [0, 0.05) is 5.39 Å². The molecule has 3 aromatic rings. The van der Waals surface area contributed by atoms with Gasteiger partial charge < -0.3 is 10.2 Å². The van der Waals surface area contributed by atoms with Crippen LogP contribution in [0.25, 0.3) is 10.8 Å². The fourth-order valence-electron chi connectivity index (χ4n) is 2.37. The molecule has 0 amide bonds. The maximum absolute atomic E-state index is 11.2. The largest absolute Gasteiger partial charge is 0.506 e. The number of fused-ring (bicyclic) bond motifs is 1. The van der Waals surface area contributed by atoms with Crippen molar-refractivity contribution in [2.75, 3.05) is 0 Å². The average molecular weight is 358 g/mol. The second-order valence-electron chi connectivity index (χ2n) is 5.43. The maximum atomic E-state index is 11.2. The smallest absolute Gasteiger partial charge is 0.294 e. The van der Waals surface area contributed by atoms with Crippen molar-refractivity contribution in [1.29, 1.82) is 0 Å². The minimum absolute atomic E-state index is 0.0142. The quantitative estimate of drug-likeness (QED) is 0.478. The molecule has 0 radical (unpaired) electrons. The summed E-state index contributed by atoms with van der Waals surface area (Å²) in [5.41, 5.74) is 1.00. The molecule has 0 fully saturated rings. The molecule has 3 N–H and O–H groups in total. The molecule has 3 rings (SSSR count). The van der Waals surface area contributed by atoms with Crippen LogP contribution in [0.1, 0.15) is 5.56 Å². The van der Waals surface area contributed by atoms with Crippen LogP contribution in [0.4, 0.5) is 11.4 Å². The van der Waals surface area contributed by atoms with Crippen LogP contribution in [0.15, 0.2) is 63.7 Å². The first kappa shape index (κ1) is 16.9. The summed E-state index contributed by atoms with van der Waals surface area (Å²) >= 11 is 0. The van der Waals surface area contributed by atoms with Gasteiger partial charge in [-0.25, -0.2) is 0 Å². The van der Waals surface area contributed by atoms with Crippen LogP contribution in [0.3, 0.4) is 0 Å². The molecule has 7 nitrogen and oxygen atoms in total. The Labute approximate surface area is 143 Å². The molecule has 3 aromatic carbocycles. The number of hydrogen-bond donors (Lipinski definition) is 3. The van der Waals surface area contributed by atoms with Crippen molar-refractivity contribution in [2.24, 2.45) is 10.2 Å². The van der Waals surface area contributed by atoms with Crippen LogP contribution in [0, 0.1) is 6.92 Å². The lowest BCUT2D eigenvalue weighted by molar-refractivity contribution is 0.471. The zero-order chi connectivity index (χ0) is 18.2. The lowest BCUT2D eigenvalue weighted by atomic mass is 10.1. The van der Waals surface area contributed by atoms with Gasteiger partial charge in [0.15, 0.2) is 0 Å². The average Bonchev–Trinajstić information content (AvgIpc) is 2.56. The van der Waals surface area contributed by atoms with Crippen molar-refractivity contribution in [3.63, 3.8) is 0 Å². The Morgan fingerprint density at radius 2 is 1.72 bits per heavy atom. The van der Waals surface area contributed by atoms with Gasteiger partial charge in [0.05, 0.1) is 4.90 Å². The van der Waals surface area contributed by atoms with Crippen LogP contribution in [0.2, 0.25) is 0 Å². The zero-order valence-corrected chi connectivity index (χ0v) is 13.9. The minimum Gasteiger partial charge on any atom is -0.506 e. The van der Waals surface area contributed by atoms with Gasteiger partial charge in [-0.3, -0.25) is 4.55 Å². The first-order chi connectivity index (χ1) is 11.8. The Hall–Kier alpha value is -2.97. The van der Waals surface area contributed by atoms with E-state index in [1.54, 1.807) is 25.1 Å². The number of rotatable bonds is 3. The highest BCUT2D eigenvalue weighted by atomic mass is 32.2. The highest BCUT2D eigenvalue weighted by molar-refractivity contribution is 7.85. The van der Waals surface area contributed by atoms with E-state index in [4.69, 9.17) is 4.55 Å². The lowest BCUT2D eigenvalue weighted by Gasteiger charge is -2.06. The summed E-state index contributed by atoms with van der Waals surface area (Å²) in [4.78, 5) is -0.259. The van der Waals surface area contributed by atoms with E-state index in [2.05, 4.69) is 10.2 Å². The Bertz CT molecular complexity index is 1110. The number of hydrogen-bond acceptors (Lipinski definition) is 6. The molecular formula is C17H14N2O5S. The molecule has 0 spiro atoms. The monoisotopic (exact) mass is 358 g/mol. The molecule has 0 saturated carbocycles. The second kappa shape index (κ2) is 6.15. The Kier molecular flexibility index (Phi) is 4.15. The number of aryl methyl sites for hydroxylation is 1. The number of benzene rings is 3. The zero-order valence-electron chi connectivity index (χ0n) is 13.1. The van der Waals surface area contributed by atoms with Crippen LogP contribution in [-0.2, 0) is 10.1 Å². The topological polar surface area (TPSA) is 120 Å². The summed E-state index contributed by atoms with van der Waals surface area (Å²) in [6.07, 6.45) is 0. The first-order valence-electron chi connectivity index (χ1n) is 7.21. The molecule has 0 bridgehead atoms. The summed E-state index contributed by atoms with van der Waals surface area (Å²) in [5, 5.41) is 28.9. The Morgan fingerprint density at radius 3 is 2.44 bits per heavy atom. The molecule has 0 heterocycles. The van der Waals surface area contributed by atoms with E-state index in [1.807, 2.05) is 0 Å². The van der Waals surface area contributed by atoms with Crippen LogP contribution >= 0.6 is 0 Å². The van der Waals surface area contributed by atoms with E-state index < -0.39 is 10.1 Å². The van der Waals surface area contributed by atoms with Gasteiger partial charge in [0.25, 0.3) is 10.1 Å². The van der Waals surface area contributed by atoms with E-state index in [9.17, 15) is 18.6 Å². The SMILES string of the molecule is Cc1cccc(N=Nc2c(O)ccc3cc(S(=O)(=O)O)ccc23)c1O. The van der Waals surface area contributed by atoms with Crippen molar-refractivity contribution in [1.82, 2.24) is 0 Å². The number of nitrogens with zero attached hydrogens (tertiary/aromatic N) is 2. The predicted octanol–water partition coefficient (Wildman–Crippen LogP) is 4.22. The van der Waals surface area contributed by atoms with Crippen LogP contribution in [0.5, 0.6) is 11.5 Å². The van der Waals surface area contributed by atoms with Gasteiger partial charge >= 0.3 is 0 Å². The Balaban J connectivity index is 2.14. The van der Waals surface area contributed by atoms with Crippen molar-refractivity contribution in [3.8, 4) is 11.5 Å². The van der Waals surface area contributed by atoms with Gasteiger partial charge in [-0.1, -0.05) is 24.3 Å². The fraction of sp³-hybridized carbons (Fsp3) is 0.0588. The molecule has 25 heavy (non-hydrogen) atoms. The Morgan fingerprint density at radius 1 is 0.960 bits per heavy atom. The van der Waals surface area contributed by atoms with E-state index in [-0.39, 0.29) is 27.8 Å². The van der Waals surface area contributed by atoms with E-state index in [1.165, 1.54) is 30.3 Å². The summed E-state index contributed by atoms with van der Waals surface area (Å²) in [6, 6.07) is 11.8. The fourth-order valence-corrected chi connectivity index (χ4v) is 2.89. The van der Waals surface area contributed by atoms with Gasteiger partial charge in [-0.05, 0) is 42.1 Å². The van der Waals surface area contributed by atoms with Crippen molar-refractivity contribution in [3.05, 3.63) is 54.1 Å². The lowest BCUT2D eigenvalue weighted by Crippen LogP contribution is -1.97. The summed E-state index contributed by atoms with van der Waals surface area (Å²) < 4.78 is 31.6. The van der Waals surface area contributed by atoms with Gasteiger partial charge in [-0.15, -0.1) is 10.2 Å². The minimum atomic E-state index is -4.33. The molecule has 0 aliphatic rings. The summed E-state index contributed by atoms with van der Waals surface area (Å²) in [5.74, 6) is -0.164. The first-order valence-corrected chi connectivity index (χ1v) is 8.65. The highest BCUT2D eigenvalue weighted by Gasteiger charge is 2.13. The summed E-state index contributed by atoms with van der Waals surface area (Å²) in [7, 11) is -4.33. The van der Waals surface area contributed by atoms with E-state index >= 15 is 0 Å². The molecule has 0 aliphatic heterocycles. The van der Waals surface area contributed by atoms with Gasteiger partial charge in [0.2, 0.25) is 0 Å². The number of phenolic OH excluding ortho intramolecular Hbond substituents is 2. The van der Waals surface area contributed by atoms with Crippen molar-refractivity contribution in [2.45, 2.75) is 11.8 Å². The third-order valence-electron chi connectivity index (χ3n) is 3.71. The van der Waals surface area contributed by atoms with Crippen LogP contribution in [-0.4, -0.2) is 23.2 Å². The molecular weight excluding hydrogens is 344 g/mol. The van der Waals surface area contributed by atoms with E-state index in [0.717, 1.165) is 0 Å². The van der Waals surface area contributed by atoms with E-state index in [0.29, 0.717) is 16.3 Å². The third-order valence-corrected chi connectivity index (χ3v) is 4.56. The molecule has 0 aromatic heterocycles. The maximum Gasteiger partial charge on any atom is 0.294 e. The summed E-state index contributed by atoms with van der Waals surface area (Å²) in [6.45, 7) is 1.72. The molecule has 0 aliphatic carbocycles. The van der Waals surface area contributed by atoms with Crippen molar-refractivity contribution >= 4 is 32.3 Å². The molecule has 8 heteroatoms. The molecule has 0 atom stereocenters. The normalized spacial score (nSPS) is 12.1. The standard InChI is InChI=1S/C17H14N2O5S/c1-10-3-2-4-14(17(10)21)18-19-16-13-7-6-12(25(22,23)24)9-11(13)5-8-15(16)20/h2-9,20-21H,1H3,(H,22,23,24). The third kappa shape index (κ3) is 3.30. The molecule has 0 saturated heterocycles. The number of para-hydroxylation sites is 1. The number of azo groups is 1. The number of phenols is 2. The number of aromatic hydroxyl groups is 2. The van der Waals surface area contributed by atoms with Crippen molar-refractivity contribution < 1.29 is 23.2 Å². The molecule has 0 unspecified atom stereocenters.